The van der Waals surface area contributed by atoms with Crippen LogP contribution in [-0.4, -0.2) is 9.97 Å². The Morgan fingerprint density at radius 2 is 2.44 bits per heavy atom. The number of aromatic amines is 1. The average molecular weight is 149 g/mol. The van der Waals surface area contributed by atoms with E-state index in [1.165, 1.54) is 0 Å². The lowest BCUT2D eigenvalue weighted by Crippen LogP contribution is -2.09. The molecule has 0 aliphatic rings. The van der Waals surface area contributed by atoms with Gasteiger partial charge in [-0.1, -0.05) is 11.6 Å². The van der Waals surface area contributed by atoms with Gasteiger partial charge in [-0.05, 0) is 0 Å². The van der Waals surface area contributed by atoms with E-state index in [0.29, 0.717) is 0 Å². The molecule has 1 N–H and O–H groups in total. The van der Waals surface area contributed by atoms with Crippen LogP contribution in [0, 0.1) is 5.82 Å². The van der Waals surface area contributed by atoms with E-state index in [-0.39, 0.29) is 5.15 Å². The number of halogens is 2. The van der Waals surface area contributed by atoms with Gasteiger partial charge in [0.1, 0.15) is 5.15 Å². The third-order valence-corrected chi connectivity index (χ3v) is 0.997. The molecule has 1 heterocycles. The molecule has 1 rings (SSSR count). The van der Waals surface area contributed by atoms with E-state index in [1.54, 1.807) is 0 Å². The predicted octanol–water partition coefficient (Wildman–Crippen LogP) is 0.562. The summed E-state index contributed by atoms with van der Waals surface area (Å²) >= 11 is 5.14. The number of aromatic nitrogens is 2. The van der Waals surface area contributed by atoms with Crippen LogP contribution in [-0.2, 0) is 0 Å². The minimum Gasteiger partial charge on any atom is -0.294 e. The Morgan fingerprint density at radius 3 is 2.89 bits per heavy atom. The summed E-state index contributed by atoms with van der Waals surface area (Å²) in [4.78, 5) is 15.3. The zero-order chi connectivity index (χ0) is 6.85. The molecular formula is C4H2ClFN2O. The van der Waals surface area contributed by atoms with Crippen LogP contribution in [0.4, 0.5) is 4.39 Å². The highest BCUT2D eigenvalue weighted by atomic mass is 35.5. The molecule has 0 atom stereocenters. The van der Waals surface area contributed by atoms with Gasteiger partial charge in [0.05, 0.1) is 6.20 Å². The fourth-order valence-corrected chi connectivity index (χ4v) is 0.487. The smallest absolute Gasteiger partial charge is 0.294 e. The van der Waals surface area contributed by atoms with Crippen molar-refractivity contribution in [3.8, 4) is 0 Å². The zero-order valence-corrected chi connectivity index (χ0v) is 4.94. The Labute approximate surface area is 54.5 Å². The second-order valence-corrected chi connectivity index (χ2v) is 1.73. The number of nitrogens with zero attached hydrogens (tertiary/aromatic N) is 1. The van der Waals surface area contributed by atoms with Crippen molar-refractivity contribution in [1.82, 2.24) is 9.97 Å². The van der Waals surface area contributed by atoms with Gasteiger partial charge in [-0.25, -0.2) is 9.18 Å². The number of H-pyrrole nitrogens is 1. The van der Waals surface area contributed by atoms with Gasteiger partial charge in [0, 0.05) is 0 Å². The van der Waals surface area contributed by atoms with Gasteiger partial charge in [-0.3, -0.25) is 4.98 Å². The zero-order valence-electron chi connectivity index (χ0n) is 4.19. The standard InChI is InChI=1S/C4H2ClFN2O/c5-3-2(6)1-7-4(9)8-3/h1H,(H,7,8,9). The lowest BCUT2D eigenvalue weighted by Gasteiger charge is -1.87. The molecule has 9 heavy (non-hydrogen) atoms. The van der Waals surface area contributed by atoms with Crippen LogP contribution in [0.3, 0.4) is 0 Å². The summed E-state index contributed by atoms with van der Waals surface area (Å²) < 4.78 is 12.1. The van der Waals surface area contributed by atoms with E-state index >= 15 is 0 Å². The number of hydrogen-bond acceptors (Lipinski definition) is 2. The summed E-state index contributed by atoms with van der Waals surface area (Å²) in [7, 11) is 0. The normalized spacial score (nSPS) is 9.56. The summed E-state index contributed by atoms with van der Waals surface area (Å²) in [5.74, 6) is -0.726. The molecule has 0 fully saturated rings. The van der Waals surface area contributed by atoms with E-state index in [1.807, 2.05) is 4.98 Å². The molecule has 0 spiro atoms. The molecule has 0 saturated carbocycles. The molecule has 0 aromatic carbocycles. The van der Waals surface area contributed by atoms with Crippen molar-refractivity contribution in [2.24, 2.45) is 0 Å². The Hall–Kier alpha value is -0.900. The molecule has 3 nitrogen and oxygen atoms in total. The van der Waals surface area contributed by atoms with Gasteiger partial charge in [0.15, 0.2) is 5.82 Å². The van der Waals surface area contributed by atoms with Crippen molar-refractivity contribution < 1.29 is 4.39 Å². The van der Waals surface area contributed by atoms with Crippen molar-refractivity contribution in [2.45, 2.75) is 0 Å². The van der Waals surface area contributed by atoms with Crippen LogP contribution in [0.5, 0.6) is 0 Å². The second kappa shape index (κ2) is 2.14. The predicted molar refractivity (Wildman–Crippen MR) is 29.8 cm³/mol. The molecule has 1 aromatic rings. The van der Waals surface area contributed by atoms with E-state index in [9.17, 15) is 9.18 Å². The highest BCUT2D eigenvalue weighted by Gasteiger charge is 1.96. The first-order valence-corrected chi connectivity index (χ1v) is 2.48. The number of nitrogens with one attached hydrogen (secondary N) is 1. The van der Waals surface area contributed by atoms with E-state index < -0.39 is 11.5 Å². The lowest BCUT2D eigenvalue weighted by molar-refractivity contribution is 0.611. The monoisotopic (exact) mass is 148 g/mol. The molecule has 0 amide bonds. The van der Waals surface area contributed by atoms with Gasteiger partial charge in [0.2, 0.25) is 0 Å². The SMILES string of the molecule is O=c1ncc(F)c(Cl)[nH]1. The van der Waals surface area contributed by atoms with Gasteiger partial charge in [0.25, 0.3) is 0 Å². The third kappa shape index (κ3) is 1.26. The van der Waals surface area contributed by atoms with Crippen LogP contribution < -0.4 is 5.69 Å². The van der Waals surface area contributed by atoms with Crippen molar-refractivity contribution in [3.05, 3.63) is 27.7 Å². The minimum absolute atomic E-state index is 0.310. The van der Waals surface area contributed by atoms with Crippen molar-refractivity contribution in [3.63, 3.8) is 0 Å². The Morgan fingerprint density at radius 1 is 1.78 bits per heavy atom. The first-order chi connectivity index (χ1) is 4.20. The van der Waals surface area contributed by atoms with Gasteiger partial charge >= 0.3 is 5.69 Å². The summed E-state index contributed by atoms with van der Waals surface area (Å²) in [5, 5.41) is -0.310. The fourth-order valence-electron chi connectivity index (χ4n) is 0.358. The van der Waals surface area contributed by atoms with Crippen molar-refractivity contribution in [2.75, 3.05) is 0 Å². The van der Waals surface area contributed by atoms with Gasteiger partial charge in [-0.15, -0.1) is 0 Å². The molecule has 0 bridgehead atoms. The molecule has 0 radical (unpaired) electrons. The van der Waals surface area contributed by atoms with Crippen molar-refractivity contribution >= 4 is 11.6 Å². The maximum Gasteiger partial charge on any atom is 0.346 e. The van der Waals surface area contributed by atoms with E-state index in [0.717, 1.165) is 6.20 Å². The second-order valence-electron chi connectivity index (χ2n) is 1.35. The summed E-state index contributed by atoms with van der Waals surface area (Å²) in [6.07, 6.45) is 0.765. The van der Waals surface area contributed by atoms with Crippen LogP contribution in [0.15, 0.2) is 11.0 Å². The third-order valence-electron chi connectivity index (χ3n) is 0.722. The molecule has 0 aliphatic heterocycles. The highest BCUT2D eigenvalue weighted by Crippen LogP contribution is 2.03. The molecule has 48 valence electrons. The minimum atomic E-state index is -0.726. The largest absolute Gasteiger partial charge is 0.346 e. The molecule has 0 saturated heterocycles. The molecular weight excluding hydrogens is 147 g/mol. The molecule has 5 heteroatoms. The number of hydrogen-bond donors (Lipinski definition) is 1. The van der Waals surface area contributed by atoms with Gasteiger partial charge in [-0.2, -0.15) is 4.98 Å². The van der Waals surface area contributed by atoms with Crippen molar-refractivity contribution in [1.29, 1.82) is 0 Å². The summed E-state index contributed by atoms with van der Waals surface area (Å²) in [6.45, 7) is 0. The highest BCUT2D eigenvalue weighted by molar-refractivity contribution is 6.29. The fraction of sp³-hybridized carbons (Fsp3) is 0. The maximum absolute atomic E-state index is 12.1. The quantitative estimate of drug-likeness (QED) is 0.547. The lowest BCUT2D eigenvalue weighted by atomic mass is 10.6. The van der Waals surface area contributed by atoms with E-state index in [2.05, 4.69) is 4.98 Å². The molecule has 0 unspecified atom stereocenters. The molecule has 0 aliphatic carbocycles. The Bertz CT molecular complexity index is 272. The Balaban J connectivity index is 3.34. The molecule has 1 aromatic heterocycles. The summed E-state index contributed by atoms with van der Waals surface area (Å²) in [6, 6.07) is 0. The summed E-state index contributed by atoms with van der Waals surface area (Å²) in [5.41, 5.74) is -0.651. The van der Waals surface area contributed by atoms with Crippen LogP contribution in [0.1, 0.15) is 0 Å². The first kappa shape index (κ1) is 6.22. The average Bonchev–Trinajstić information content (AvgIpc) is 1.80. The Kier molecular flexibility index (Phi) is 1.48. The first-order valence-electron chi connectivity index (χ1n) is 2.10. The van der Waals surface area contributed by atoms with E-state index in [4.69, 9.17) is 11.6 Å². The van der Waals surface area contributed by atoms with Crippen LogP contribution in [0.25, 0.3) is 0 Å². The maximum atomic E-state index is 12.1. The van der Waals surface area contributed by atoms with Gasteiger partial charge < -0.3 is 0 Å². The topological polar surface area (TPSA) is 45.8 Å². The van der Waals surface area contributed by atoms with Crippen LogP contribution in [0.2, 0.25) is 5.15 Å². The van der Waals surface area contributed by atoms with Crippen LogP contribution >= 0.6 is 11.6 Å². The number of rotatable bonds is 0.